The molecule has 0 fully saturated rings. The Bertz CT molecular complexity index is 246. The van der Waals surface area contributed by atoms with Gasteiger partial charge in [-0.25, -0.2) is 0 Å². The molecule has 0 atom stereocenters. The number of hydrogen-bond acceptors (Lipinski definition) is 1. The third-order valence-electron chi connectivity index (χ3n) is 4.96. The summed E-state index contributed by atoms with van der Waals surface area (Å²) >= 11 is 0. The van der Waals surface area contributed by atoms with Gasteiger partial charge in [0.1, 0.15) is 0 Å². The minimum Gasteiger partial charge on any atom is -0.389 e. The van der Waals surface area contributed by atoms with Crippen molar-refractivity contribution in [2.75, 3.05) is 6.54 Å². The molecular weight excluding hydrogens is 290 g/mol. The number of nitrogens with one attached hydrogen (secondary N) is 1. The molecule has 0 aromatic carbocycles. The summed E-state index contributed by atoms with van der Waals surface area (Å²) in [7, 11) is 0. The third kappa shape index (κ3) is 19.6. The van der Waals surface area contributed by atoms with Crippen LogP contribution in [0.3, 0.4) is 0 Å². The zero-order valence-corrected chi connectivity index (χ0v) is 17.1. The molecular formula is C23H47N. The second kappa shape index (κ2) is 20.6. The monoisotopic (exact) mass is 337 g/mol. The zero-order chi connectivity index (χ0) is 17.7. The Morgan fingerprint density at radius 2 is 0.917 bits per heavy atom. The second-order valence-corrected chi connectivity index (χ2v) is 7.58. The lowest BCUT2D eigenvalue weighted by atomic mass is 10.0. The molecule has 0 aromatic heterocycles. The van der Waals surface area contributed by atoms with E-state index >= 15 is 0 Å². The smallest absolute Gasteiger partial charge is 0.0143 e. The highest BCUT2D eigenvalue weighted by atomic mass is 14.9. The number of rotatable bonds is 20. The van der Waals surface area contributed by atoms with E-state index in [2.05, 4.69) is 25.7 Å². The fourth-order valence-electron chi connectivity index (χ4n) is 3.33. The number of allylic oxidation sites excluding steroid dienone is 1. The van der Waals surface area contributed by atoms with E-state index in [9.17, 15) is 0 Å². The van der Waals surface area contributed by atoms with Crippen molar-refractivity contribution in [3.8, 4) is 0 Å². The Balaban J connectivity index is 3.01. The first kappa shape index (κ1) is 23.5. The van der Waals surface area contributed by atoms with Gasteiger partial charge in [0.25, 0.3) is 0 Å². The largest absolute Gasteiger partial charge is 0.389 e. The van der Waals surface area contributed by atoms with Crippen LogP contribution in [-0.4, -0.2) is 6.54 Å². The summed E-state index contributed by atoms with van der Waals surface area (Å²) in [6, 6.07) is 0. The van der Waals surface area contributed by atoms with E-state index in [0.29, 0.717) is 0 Å². The standard InChI is InChI=1S/C23H47N/c1-4-6-7-8-9-10-11-12-13-14-15-16-17-18-19-20-22-24-23(3)21-5-2/h24H,3-22H2,1-2H3. The van der Waals surface area contributed by atoms with E-state index in [-0.39, 0.29) is 0 Å². The van der Waals surface area contributed by atoms with E-state index < -0.39 is 0 Å². The predicted molar refractivity (Wildman–Crippen MR) is 112 cm³/mol. The summed E-state index contributed by atoms with van der Waals surface area (Å²) in [6.45, 7) is 9.67. The first-order chi connectivity index (χ1) is 11.8. The molecule has 0 bridgehead atoms. The van der Waals surface area contributed by atoms with Gasteiger partial charge in [-0.1, -0.05) is 123 Å². The summed E-state index contributed by atoms with van der Waals surface area (Å²) in [5.41, 5.74) is 1.22. The quantitative estimate of drug-likeness (QED) is 0.221. The molecule has 1 heteroatoms. The zero-order valence-electron chi connectivity index (χ0n) is 17.1. The number of hydrogen-bond donors (Lipinski definition) is 1. The third-order valence-corrected chi connectivity index (χ3v) is 4.96. The van der Waals surface area contributed by atoms with Crippen LogP contribution in [0.2, 0.25) is 0 Å². The Kier molecular flexibility index (Phi) is 20.2. The van der Waals surface area contributed by atoms with Crippen molar-refractivity contribution < 1.29 is 0 Å². The van der Waals surface area contributed by atoms with Crippen LogP contribution < -0.4 is 5.32 Å². The van der Waals surface area contributed by atoms with Gasteiger partial charge in [-0.15, -0.1) is 0 Å². The lowest BCUT2D eigenvalue weighted by Gasteiger charge is -2.08. The molecule has 0 saturated carbocycles. The molecule has 0 saturated heterocycles. The maximum absolute atomic E-state index is 4.04. The van der Waals surface area contributed by atoms with E-state index in [0.717, 1.165) is 13.0 Å². The molecule has 24 heavy (non-hydrogen) atoms. The SMILES string of the molecule is C=C(CCC)NCCCCCCCCCCCCCCCCCC. The van der Waals surface area contributed by atoms with Gasteiger partial charge in [0.2, 0.25) is 0 Å². The summed E-state index contributed by atoms with van der Waals surface area (Å²) in [4.78, 5) is 0. The van der Waals surface area contributed by atoms with E-state index in [1.165, 1.54) is 115 Å². The molecule has 0 aliphatic carbocycles. The molecule has 0 aliphatic heterocycles. The van der Waals surface area contributed by atoms with E-state index in [4.69, 9.17) is 0 Å². The average Bonchev–Trinajstić information content (AvgIpc) is 2.58. The normalized spacial score (nSPS) is 10.9. The fourth-order valence-corrected chi connectivity index (χ4v) is 3.33. The molecule has 1 N–H and O–H groups in total. The molecule has 0 heterocycles. The lowest BCUT2D eigenvalue weighted by molar-refractivity contribution is 0.527. The first-order valence-electron chi connectivity index (χ1n) is 11.2. The molecule has 0 spiro atoms. The Morgan fingerprint density at radius 1 is 0.542 bits per heavy atom. The topological polar surface area (TPSA) is 12.0 Å². The highest BCUT2D eigenvalue weighted by molar-refractivity contribution is 4.89. The van der Waals surface area contributed by atoms with Gasteiger partial charge >= 0.3 is 0 Å². The Labute approximate surface area is 154 Å². The maximum Gasteiger partial charge on any atom is 0.0143 e. The summed E-state index contributed by atoms with van der Waals surface area (Å²) in [5, 5.41) is 3.44. The number of unbranched alkanes of at least 4 members (excludes halogenated alkanes) is 15. The van der Waals surface area contributed by atoms with Crippen LogP contribution in [0.15, 0.2) is 12.3 Å². The fraction of sp³-hybridized carbons (Fsp3) is 0.913. The first-order valence-corrected chi connectivity index (χ1v) is 11.2. The second-order valence-electron chi connectivity index (χ2n) is 7.58. The van der Waals surface area contributed by atoms with Crippen LogP contribution in [0, 0.1) is 0 Å². The van der Waals surface area contributed by atoms with Crippen molar-refractivity contribution in [2.24, 2.45) is 0 Å². The van der Waals surface area contributed by atoms with Crippen LogP contribution in [0.5, 0.6) is 0 Å². The molecule has 0 radical (unpaired) electrons. The van der Waals surface area contributed by atoms with Crippen LogP contribution in [0.1, 0.15) is 129 Å². The van der Waals surface area contributed by atoms with Crippen LogP contribution >= 0.6 is 0 Å². The Hall–Kier alpha value is -0.460. The van der Waals surface area contributed by atoms with E-state index in [1.54, 1.807) is 0 Å². The Morgan fingerprint density at radius 3 is 1.29 bits per heavy atom. The minimum atomic E-state index is 1.12. The molecule has 0 aromatic rings. The van der Waals surface area contributed by atoms with Gasteiger partial charge in [0.05, 0.1) is 0 Å². The molecule has 0 unspecified atom stereocenters. The van der Waals surface area contributed by atoms with Gasteiger partial charge < -0.3 is 5.32 Å². The van der Waals surface area contributed by atoms with Crippen molar-refractivity contribution in [1.29, 1.82) is 0 Å². The van der Waals surface area contributed by atoms with Gasteiger partial charge in [-0.05, 0) is 12.8 Å². The van der Waals surface area contributed by atoms with Crippen molar-refractivity contribution in [3.63, 3.8) is 0 Å². The van der Waals surface area contributed by atoms with E-state index in [1.807, 2.05) is 0 Å². The maximum atomic E-state index is 4.04. The summed E-state index contributed by atoms with van der Waals surface area (Å²) in [5.74, 6) is 0. The van der Waals surface area contributed by atoms with Crippen LogP contribution in [0.25, 0.3) is 0 Å². The van der Waals surface area contributed by atoms with Crippen molar-refractivity contribution in [1.82, 2.24) is 5.32 Å². The molecule has 0 amide bonds. The van der Waals surface area contributed by atoms with Gasteiger partial charge in [-0.2, -0.15) is 0 Å². The highest BCUT2D eigenvalue weighted by Crippen LogP contribution is 2.13. The molecule has 0 rings (SSSR count). The van der Waals surface area contributed by atoms with Gasteiger partial charge in [0.15, 0.2) is 0 Å². The summed E-state index contributed by atoms with van der Waals surface area (Å²) in [6.07, 6.45) is 25.3. The van der Waals surface area contributed by atoms with Crippen molar-refractivity contribution >= 4 is 0 Å². The van der Waals surface area contributed by atoms with Gasteiger partial charge in [0, 0.05) is 12.2 Å². The average molecular weight is 338 g/mol. The molecule has 144 valence electrons. The van der Waals surface area contributed by atoms with Crippen molar-refractivity contribution in [3.05, 3.63) is 12.3 Å². The van der Waals surface area contributed by atoms with Crippen LogP contribution in [-0.2, 0) is 0 Å². The van der Waals surface area contributed by atoms with Crippen molar-refractivity contribution in [2.45, 2.75) is 129 Å². The summed E-state index contributed by atoms with van der Waals surface area (Å²) < 4.78 is 0. The molecule has 0 aliphatic rings. The highest BCUT2D eigenvalue weighted by Gasteiger charge is 1.95. The predicted octanol–water partition coefficient (Wildman–Crippen LogP) is 8.15. The minimum absolute atomic E-state index is 1.12. The van der Waals surface area contributed by atoms with Gasteiger partial charge in [-0.3, -0.25) is 0 Å². The lowest BCUT2D eigenvalue weighted by Crippen LogP contribution is -2.13. The molecule has 1 nitrogen and oxygen atoms in total. The van der Waals surface area contributed by atoms with Crippen LogP contribution in [0.4, 0.5) is 0 Å².